The van der Waals surface area contributed by atoms with Gasteiger partial charge in [0.05, 0.1) is 5.02 Å². The summed E-state index contributed by atoms with van der Waals surface area (Å²) in [5.74, 6) is 2.98. The summed E-state index contributed by atoms with van der Waals surface area (Å²) in [6, 6.07) is 0.473. The second-order valence-corrected chi connectivity index (χ2v) is 7.67. The molecule has 19 heavy (non-hydrogen) atoms. The zero-order chi connectivity index (χ0) is 13.4. The molecular formula is C16H24ClNS. The van der Waals surface area contributed by atoms with E-state index in [1.165, 1.54) is 42.5 Å². The molecule has 2 fully saturated rings. The summed E-state index contributed by atoms with van der Waals surface area (Å²) in [5, 5.41) is 6.86. The van der Waals surface area contributed by atoms with Gasteiger partial charge in [-0.1, -0.05) is 24.9 Å². The quantitative estimate of drug-likeness (QED) is 0.789. The zero-order valence-corrected chi connectivity index (χ0v) is 13.5. The van der Waals surface area contributed by atoms with Crippen molar-refractivity contribution in [3.8, 4) is 0 Å². The standard InChI is InChI=1S/C16H24ClNS/c1-3-18-14(16-15(17)10(2)9-19-16)8-13-7-11-4-5-12(13)6-11/h9,11-14,18H,3-8H2,1-2H3. The van der Waals surface area contributed by atoms with Gasteiger partial charge >= 0.3 is 0 Å². The van der Waals surface area contributed by atoms with E-state index in [9.17, 15) is 0 Å². The van der Waals surface area contributed by atoms with Gasteiger partial charge in [-0.2, -0.15) is 0 Å². The van der Waals surface area contributed by atoms with Gasteiger partial charge in [-0.15, -0.1) is 11.3 Å². The van der Waals surface area contributed by atoms with Gasteiger partial charge in [-0.25, -0.2) is 0 Å². The average Bonchev–Trinajstić information content (AvgIpc) is 3.07. The van der Waals surface area contributed by atoms with Gasteiger partial charge in [0.15, 0.2) is 0 Å². The van der Waals surface area contributed by atoms with E-state index < -0.39 is 0 Å². The van der Waals surface area contributed by atoms with E-state index in [4.69, 9.17) is 11.6 Å². The molecule has 3 heteroatoms. The van der Waals surface area contributed by atoms with Crippen LogP contribution in [-0.4, -0.2) is 6.54 Å². The summed E-state index contributed by atoms with van der Waals surface area (Å²) < 4.78 is 0. The number of hydrogen-bond donors (Lipinski definition) is 1. The maximum absolute atomic E-state index is 6.47. The fraction of sp³-hybridized carbons (Fsp3) is 0.750. The van der Waals surface area contributed by atoms with Crippen LogP contribution in [0.1, 0.15) is 55.5 Å². The molecule has 0 saturated heterocycles. The Labute approximate surface area is 125 Å². The summed E-state index contributed by atoms with van der Waals surface area (Å²) in [6.07, 6.45) is 7.22. The monoisotopic (exact) mass is 297 g/mol. The minimum Gasteiger partial charge on any atom is -0.309 e. The molecule has 1 aromatic heterocycles. The van der Waals surface area contributed by atoms with Crippen LogP contribution in [0.15, 0.2) is 5.38 Å². The lowest BCUT2D eigenvalue weighted by Gasteiger charge is -2.27. The Morgan fingerprint density at radius 3 is 2.79 bits per heavy atom. The number of rotatable bonds is 5. The predicted octanol–water partition coefficient (Wildman–Crippen LogP) is 5.19. The Morgan fingerprint density at radius 2 is 2.26 bits per heavy atom. The third-order valence-corrected chi connectivity index (χ3v) is 6.94. The summed E-state index contributed by atoms with van der Waals surface area (Å²) in [4.78, 5) is 1.36. The van der Waals surface area contributed by atoms with Crippen LogP contribution >= 0.6 is 22.9 Å². The van der Waals surface area contributed by atoms with Crippen molar-refractivity contribution in [2.45, 2.75) is 52.0 Å². The molecule has 1 nitrogen and oxygen atoms in total. The predicted molar refractivity (Wildman–Crippen MR) is 84.0 cm³/mol. The molecule has 2 aliphatic rings. The third-order valence-electron chi connectivity index (χ3n) is 5.12. The fourth-order valence-corrected chi connectivity index (χ4v) is 5.60. The van der Waals surface area contributed by atoms with Crippen molar-refractivity contribution in [2.24, 2.45) is 17.8 Å². The Balaban J connectivity index is 1.72. The van der Waals surface area contributed by atoms with Gasteiger partial charge in [-0.05, 0) is 67.8 Å². The lowest BCUT2D eigenvalue weighted by Crippen LogP contribution is -2.25. The normalized spacial score (nSPS) is 31.0. The molecule has 0 aliphatic heterocycles. The zero-order valence-electron chi connectivity index (χ0n) is 11.9. The molecular weight excluding hydrogens is 274 g/mol. The van der Waals surface area contributed by atoms with Gasteiger partial charge in [0, 0.05) is 10.9 Å². The fourth-order valence-electron chi connectivity index (χ4n) is 4.18. The molecule has 106 valence electrons. The van der Waals surface area contributed by atoms with Crippen LogP contribution in [0, 0.1) is 24.7 Å². The molecule has 1 N–H and O–H groups in total. The Hall–Kier alpha value is -0.0500. The van der Waals surface area contributed by atoms with Crippen molar-refractivity contribution < 1.29 is 0 Å². The van der Waals surface area contributed by atoms with Crippen LogP contribution < -0.4 is 5.32 Å². The van der Waals surface area contributed by atoms with E-state index in [0.29, 0.717) is 6.04 Å². The lowest BCUT2D eigenvalue weighted by molar-refractivity contribution is 0.282. The molecule has 0 aromatic carbocycles. The van der Waals surface area contributed by atoms with Gasteiger partial charge < -0.3 is 5.32 Å². The number of nitrogens with one attached hydrogen (secondary N) is 1. The SMILES string of the molecule is CCNC(CC1CC2CCC1C2)c1scc(C)c1Cl. The molecule has 1 aromatic rings. The van der Waals surface area contributed by atoms with Crippen molar-refractivity contribution in [1.82, 2.24) is 5.32 Å². The lowest BCUT2D eigenvalue weighted by atomic mass is 9.84. The molecule has 2 aliphatic carbocycles. The smallest absolute Gasteiger partial charge is 0.0590 e. The third kappa shape index (κ3) is 2.72. The molecule has 4 unspecified atom stereocenters. The number of fused-ring (bicyclic) bond motifs is 2. The van der Waals surface area contributed by atoms with Crippen molar-refractivity contribution in [2.75, 3.05) is 6.54 Å². The van der Waals surface area contributed by atoms with Crippen LogP contribution in [0.2, 0.25) is 5.02 Å². The highest BCUT2D eigenvalue weighted by molar-refractivity contribution is 7.10. The first-order chi connectivity index (χ1) is 9.19. The molecule has 0 spiro atoms. The van der Waals surface area contributed by atoms with E-state index in [1.807, 2.05) is 11.3 Å². The molecule has 2 bridgehead atoms. The molecule has 2 saturated carbocycles. The summed E-state index contributed by atoms with van der Waals surface area (Å²) in [7, 11) is 0. The minimum atomic E-state index is 0.473. The highest BCUT2D eigenvalue weighted by Gasteiger charge is 2.40. The molecule has 1 heterocycles. The van der Waals surface area contributed by atoms with E-state index in [0.717, 1.165) is 29.3 Å². The number of thiophene rings is 1. The van der Waals surface area contributed by atoms with Gasteiger partial charge in [-0.3, -0.25) is 0 Å². The highest BCUT2D eigenvalue weighted by atomic mass is 35.5. The topological polar surface area (TPSA) is 12.0 Å². The molecule has 4 atom stereocenters. The Bertz CT molecular complexity index is 442. The van der Waals surface area contributed by atoms with Gasteiger partial charge in [0.1, 0.15) is 0 Å². The summed E-state index contributed by atoms with van der Waals surface area (Å²) in [6.45, 7) is 5.34. The van der Waals surface area contributed by atoms with Crippen molar-refractivity contribution in [1.29, 1.82) is 0 Å². The largest absolute Gasteiger partial charge is 0.309 e. The number of aryl methyl sites for hydroxylation is 1. The van der Waals surface area contributed by atoms with Crippen LogP contribution in [0.3, 0.4) is 0 Å². The highest BCUT2D eigenvalue weighted by Crippen LogP contribution is 2.51. The first kappa shape index (κ1) is 13.9. The maximum atomic E-state index is 6.47. The number of halogens is 1. The molecule has 0 amide bonds. The summed E-state index contributed by atoms with van der Waals surface area (Å²) >= 11 is 8.31. The number of hydrogen-bond acceptors (Lipinski definition) is 2. The van der Waals surface area contributed by atoms with Crippen LogP contribution in [0.5, 0.6) is 0 Å². The van der Waals surface area contributed by atoms with Crippen LogP contribution in [0.25, 0.3) is 0 Å². The second kappa shape index (κ2) is 5.75. The van der Waals surface area contributed by atoms with Crippen molar-refractivity contribution in [3.05, 3.63) is 20.8 Å². The van der Waals surface area contributed by atoms with Crippen molar-refractivity contribution >= 4 is 22.9 Å². The average molecular weight is 298 g/mol. The Kier molecular flexibility index (Phi) is 4.21. The first-order valence-electron chi connectivity index (χ1n) is 7.65. The van der Waals surface area contributed by atoms with Crippen LogP contribution in [-0.2, 0) is 0 Å². The first-order valence-corrected chi connectivity index (χ1v) is 8.91. The minimum absolute atomic E-state index is 0.473. The van der Waals surface area contributed by atoms with Gasteiger partial charge in [0.25, 0.3) is 0 Å². The summed E-state index contributed by atoms with van der Waals surface area (Å²) in [5.41, 5.74) is 1.23. The van der Waals surface area contributed by atoms with E-state index in [-0.39, 0.29) is 0 Å². The van der Waals surface area contributed by atoms with E-state index in [2.05, 4.69) is 24.5 Å². The maximum Gasteiger partial charge on any atom is 0.0590 e. The van der Waals surface area contributed by atoms with E-state index >= 15 is 0 Å². The Morgan fingerprint density at radius 1 is 1.42 bits per heavy atom. The van der Waals surface area contributed by atoms with Crippen molar-refractivity contribution in [3.63, 3.8) is 0 Å². The molecule has 0 radical (unpaired) electrons. The van der Waals surface area contributed by atoms with Gasteiger partial charge in [0.2, 0.25) is 0 Å². The second-order valence-electron chi connectivity index (χ2n) is 6.38. The molecule has 3 rings (SSSR count). The van der Waals surface area contributed by atoms with Crippen LogP contribution in [0.4, 0.5) is 0 Å². The van der Waals surface area contributed by atoms with E-state index in [1.54, 1.807) is 0 Å².